The van der Waals surface area contributed by atoms with Gasteiger partial charge in [-0.3, -0.25) is 4.79 Å². The minimum absolute atomic E-state index is 0.0878. The van der Waals surface area contributed by atoms with E-state index in [0.717, 1.165) is 49.6 Å². The van der Waals surface area contributed by atoms with E-state index in [9.17, 15) is 9.90 Å². The van der Waals surface area contributed by atoms with E-state index in [-0.39, 0.29) is 11.5 Å². The van der Waals surface area contributed by atoms with Gasteiger partial charge in [-0.2, -0.15) is 0 Å². The van der Waals surface area contributed by atoms with Crippen LogP contribution in [0, 0.1) is 6.92 Å². The lowest BCUT2D eigenvalue weighted by Crippen LogP contribution is -2.46. The van der Waals surface area contributed by atoms with Crippen LogP contribution in [0.3, 0.4) is 0 Å². The van der Waals surface area contributed by atoms with Gasteiger partial charge in [0.15, 0.2) is 5.78 Å². The van der Waals surface area contributed by atoms with Gasteiger partial charge in [-0.15, -0.1) is 0 Å². The van der Waals surface area contributed by atoms with Crippen molar-refractivity contribution in [3.8, 4) is 5.75 Å². The van der Waals surface area contributed by atoms with E-state index in [4.69, 9.17) is 0 Å². The van der Waals surface area contributed by atoms with Crippen molar-refractivity contribution < 1.29 is 9.90 Å². The molecule has 3 heterocycles. The molecule has 0 aliphatic carbocycles. The van der Waals surface area contributed by atoms with E-state index in [1.807, 2.05) is 48.0 Å². The maximum atomic E-state index is 12.4. The smallest absolute Gasteiger partial charge is 0.162 e. The van der Waals surface area contributed by atoms with Crippen LogP contribution in [0.15, 0.2) is 42.7 Å². The second-order valence-electron chi connectivity index (χ2n) is 7.83. The van der Waals surface area contributed by atoms with Crippen molar-refractivity contribution in [3.63, 3.8) is 0 Å². The normalized spacial score (nSPS) is 15.7. The number of phenolic OH excluding ortho intramolecular Hbond substituents is 1. The quantitative estimate of drug-likeness (QED) is 0.658. The number of aromatic hydroxyl groups is 1. The molecule has 0 radical (unpaired) electrons. The summed E-state index contributed by atoms with van der Waals surface area (Å²) in [5.74, 6) is 0.0827. The average molecular weight is 405 g/mol. The monoisotopic (exact) mass is 404 g/mol. The highest BCUT2D eigenvalue weighted by molar-refractivity contribution is 6.24. The van der Waals surface area contributed by atoms with E-state index >= 15 is 0 Å². The zero-order chi connectivity index (χ0) is 21.3. The highest BCUT2D eigenvalue weighted by Crippen LogP contribution is 2.29. The van der Waals surface area contributed by atoms with Crippen LogP contribution in [0.1, 0.15) is 30.7 Å². The Morgan fingerprint density at radius 1 is 1.20 bits per heavy atom. The number of carbonyl (C=O) groups is 1. The van der Waals surface area contributed by atoms with Crippen LogP contribution in [-0.2, 0) is 4.79 Å². The molecule has 0 unspecified atom stereocenters. The number of allylic oxidation sites excluding steroid dienone is 1. The Bertz CT molecular complexity index is 1110. The number of hydrogen-bond donors (Lipinski definition) is 1. The topological polar surface area (TPSA) is 61.1 Å². The molecule has 6 heteroatoms. The molecule has 3 aromatic rings. The van der Waals surface area contributed by atoms with Crippen molar-refractivity contribution in [1.29, 1.82) is 0 Å². The number of piperazine rings is 1. The van der Waals surface area contributed by atoms with Crippen LogP contribution in [0.4, 0.5) is 5.69 Å². The summed E-state index contributed by atoms with van der Waals surface area (Å²) >= 11 is 0. The molecule has 156 valence electrons. The Labute approximate surface area is 177 Å². The predicted octanol–water partition coefficient (Wildman–Crippen LogP) is 3.62. The fourth-order valence-electron chi connectivity index (χ4n) is 3.97. The number of ketones is 1. The maximum Gasteiger partial charge on any atom is 0.162 e. The Balaban J connectivity index is 1.64. The first-order valence-corrected chi connectivity index (χ1v) is 10.4. The predicted molar refractivity (Wildman–Crippen MR) is 121 cm³/mol. The summed E-state index contributed by atoms with van der Waals surface area (Å²) in [5.41, 5.74) is 4.58. The number of likely N-dealkylation sites (N-methyl/N-ethyl adjacent to an activating group) is 1. The lowest BCUT2D eigenvalue weighted by atomic mass is 10.0. The number of nitrogens with zero attached hydrogens (tertiary/aromatic N) is 4. The molecule has 1 saturated heterocycles. The van der Waals surface area contributed by atoms with Crippen molar-refractivity contribution in [3.05, 3.63) is 59.5 Å². The van der Waals surface area contributed by atoms with E-state index < -0.39 is 0 Å². The lowest BCUT2D eigenvalue weighted by molar-refractivity contribution is -0.111. The molecule has 0 saturated carbocycles. The largest absolute Gasteiger partial charge is 0.507 e. The average Bonchev–Trinajstić information content (AvgIpc) is 3.18. The Kier molecular flexibility index (Phi) is 5.59. The number of fused-ring (bicyclic) bond motifs is 1. The highest BCUT2D eigenvalue weighted by Gasteiger charge is 2.18. The molecule has 0 bridgehead atoms. The number of Topliss-reactive ketones (excluding diaryl/α,β-unsaturated/α-hetero) is 1. The molecule has 0 spiro atoms. The molecule has 1 aromatic carbocycles. The number of aryl methyl sites for hydroxylation is 1. The fraction of sp³-hybridized carbons (Fsp3) is 0.333. The summed E-state index contributed by atoms with van der Waals surface area (Å²) in [4.78, 5) is 21.7. The first kappa shape index (κ1) is 20.2. The van der Waals surface area contributed by atoms with Crippen molar-refractivity contribution in [2.24, 2.45) is 0 Å². The molecule has 0 atom stereocenters. The van der Waals surface area contributed by atoms with Crippen molar-refractivity contribution in [2.45, 2.75) is 20.8 Å². The van der Waals surface area contributed by atoms with E-state index in [1.54, 1.807) is 12.1 Å². The maximum absolute atomic E-state index is 12.4. The molecule has 1 aliphatic heterocycles. The van der Waals surface area contributed by atoms with Crippen molar-refractivity contribution >= 4 is 28.8 Å². The zero-order valence-electron chi connectivity index (χ0n) is 17.8. The van der Waals surface area contributed by atoms with E-state index in [1.165, 1.54) is 6.92 Å². The lowest BCUT2D eigenvalue weighted by Gasteiger charge is -2.35. The SMILES string of the molecule is CCN1CCN(c2ccc(/C=C(\C(C)=O)c3cn4cccc(C)c4n3)c(O)c2)CC1. The number of imidazole rings is 1. The third-order valence-corrected chi connectivity index (χ3v) is 5.83. The van der Waals surface area contributed by atoms with Gasteiger partial charge in [0.25, 0.3) is 0 Å². The summed E-state index contributed by atoms with van der Waals surface area (Å²) in [7, 11) is 0. The van der Waals surface area contributed by atoms with Gasteiger partial charge >= 0.3 is 0 Å². The minimum Gasteiger partial charge on any atom is -0.507 e. The standard InChI is InChI=1S/C24H28N4O2/c1-4-26-10-12-27(13-11-26)20-8-7-19(23(30)15-20)14-21(18(3)29)22-16-28-9-5-6-17(2)24(28)25-22/h5-9,14-16,30H,4,10-13H2,1-3H3/b21-14+. The number of aromatic nitrogens is 2. The summed E-state index contributed by atoms with van der Waals surface area (Å²) in [5, 5.41) is 10.7. The summed E-state index contributed by atoms with van der Waals surface area (Å²) in [6, 6.07) is 9.63. The Morgan fingerprint density at radius 3 is 2.60 bits per heavy atom. The summed E-state index contributed by atoms with van der Waals surface area (Å²) < 4.78 is 1.92. The Morgan fingerprint density at radius 2 is 1.97 bits per heavy atom. The van der Waals surface area contributed by atoms with Crippen LogP contribution >= 0.6 is 0 Å². The van der Waals surface area contributed by atoms with Crippen molar-refractivity contribution in [2.75, 3.05) is 37.6 Å². The minimum atomic E-state index is -0.0878. The van der Waals surface area contributed by atoms with Gasteiger partial charge in [-0.25, -0.2) is 4.98 Å². The highest BCUT2D eigenvalue weighted by atomic mass is 16.3. The first-order chi connectivity index (χ1) is 14.5. The second kappa shape index (κ2) is 8.32. The van der Waals surface area contributed by atoms with E-state index in [2.05, 4.69) is 21.7 Å². The van der Waals surface area contributed by atoms with Crippen LogP contribution in [0.2, 0.25) is 0 Å². The number of pyridine rings is 1. The first-order valence-electron chi connectivity index (χ1n) is 10.4. The molecular formula is C24H28N4O2. The molecular weight excluding hydrogens is 376 g/mol. The van der Waals surface area contributed by atoms with E-state index in [0.29, 0.717) is 16.8 Å². The molecule has 1 aliphatic rings. The van der Waals surface area contributed by atoms with Crippen LogP contribution in [0.5, 0.6) is 5.75 Å². The van der Waals surface area contributed by atoms with Crippen LogP contribution < -0.4 is 4.90 Å². The fourth-order valence-corrected chi connectivity index (χ4v) is 3.97. The molecule has 1 N–H and O–H groups in total. The number of benzene rings is 1. The summed E-state index contributed by atoms with van der Waals surface area (Å²) in [6.45, 7) is 10.7. The van der Waals surface area contributed by atoms with Crippen LogP contribution in [0.25, 0.3) is 17.3 Å². The Hall–Kier alpha value is -3.12. The van der Waals surface area contributed by atoms with Crippen molar-refractivity contribution in [1.82, 2.24) is 14.3 Å². The van der Waals surface area contributed by atoms with Gasteiger partial charge in [-0.05, 0) is 50.2 Å². The van der Waals surface area contributed by atoms with Gasteiger partial charge in [0.05, 0.1) is 5.69 Å². The van der Waals surface area contributed by atoms with Gasteiger partial charge in [-0.1, -0.05) is 13.0 Å². The number of anilines is 1. The number of phenols is 1. The van der Waals surface area contributed by atoms with Crippen LogP contribution in [-0.4, -0.2) is 57.9 Å². The van der Waals surface area contributed by atoms with Gasteiger partial charge in [0, 0.05) is 61.5 Å². The molecule has 1 fully saturated rings. The van der Waals surface area contributed by atoms with Gasteiger partial charge in [0.2, 0.25) is 0 Å². The zero-order valence-corrected chi connectivity index (χ0v) is 17.8. The number of hydrogen-bond acceptors (Lipinski definition) is 5. The third-order valence-electron chi connectivity index (χ3n) is 5.83. The number of carbonyl (C=O) groups excluding carboxylic acids is 1. The molecule has 30 heavy (non-hydrogen) atoms. The molecule has 6 nitrogen and oxygen atoms in total. The van der Waals surface area contributed by atoms with Gasteiger partial charge < -0.3 is 19.3 Å². The third kappa shape index (κ3) is 3.96. The second-order valence-corrected chi connectivity index (χ2v) is 7.83. The summed E-state index contributed by atoms with van der Waals surface area (Å²) in [6.07, 6.45) is 5.50. The number of rotatable bonds is 5. The molecule has 4 rings (SSSR count). The molecule has 0 amide bonds. The van der Waals surface area contributed by atoms with Gasteiger partial charge in [0.1, 0.15) is 11.4 Å². The molecule has 2 aromatic heterocycles.